The number of ether oxygens (including phenoxy) is 1. The lowest BCUT2D eigenvalue weighted by Crippen LogP contribution is -2.44. The van der Waals surface area contributed by atoms with Crippen LogP contribution in [0.1, 0.15) is 30.5 Å². The minimum atomic E-state index is -0.0669. The highest BCUT2D eigenvalue weighted by Gasteiger charge is 2.35. The van der Waals surface area contributed by atoms with Crippen LogP contribution in [0, 0.1) is 5.92 Å². The number of hydrogen-bond donors (Lipinski definition) is 2. The summed E-state index contributed by atoms with van der Waals surface area (Å²) in [4.78, 5) is 12.5. The second-order valence-corrected chi connectivity index (χ2v) is 5.61. The second kappa shape index (κ2) is 5.94. The average molecular weight is 274 g/mol. The molecule has 3 rings (SSSR count). The van der Waals surface area contributed by atoms with Crippen molar-refractivity contribution in [3.8, 4) is 0 Å². The van der Waals surface area contributed by atoms with Gasteiger partial charge < -0.3 is 15.4 Å². The molecule has 1 aliphatic carbocycles. The monoisotopic (exact) mass is 274 g/mol. The molecule has 1 heterocycles. The number of nitrogens with one attached hydrogen (secondary N) is 2. The average Bonchev–Trinajstić information content (AvgIpc) is 3.07. The smallest absolute Gasteiger partial charge is 0.227 e. The predicted molar refractivity (Wildman–Crippen MR) is 77.4 cm³/mol. The molecular formula is C16H22N2O2. The third kappa shape index (κ3) is 2.58. The van der Waals surface area contributed by atoms with E-state index in [0.29, 0.717) is 13.2 Å². The zero-order valence-corrected chi connectivity index (χ0v) is 11.9. The molecule has 0 bridgehead atoms. The number of fused-ring (bicyclic) bond motifs is 1. The Balaban J connectivity index is 1.65. The first kappa shape index (κ1) is 13.6. The standard InChI is InChI=1S/C16H22N2O2/c1-2-17-15-10-20-9-13(15)16(19)18-14-8-7-11-5-3-4-6-12(11)14/h3-6,13-15,17H,2,7-10H2,1H3,(H,18,19). The van der Waals surface area contributed by atoms with Crippen LogP contribution in [0.2, 0.25) is 0 Å². The number of aryl methyl sites for hydroxylation is 1. The van der Waals surface area contributed by atoms with E-state index < -0.39 is 0 Å². The molecule has 1 saturated heterocycles. The molecule has 4 nitrogen and oxygen atoms in total. The van der Waals surface area contributed by atoms with E-state index in [2.05, 4.69) is 35.8 Å². The number of rotatable bonds is 4. The van der Waals surface area contributed by atoms with Crippen molar-refractivity contribution >= 4 is 5.91 Å². The largest absolute Gasteiger partial charge is 0.379 e. The molecule has 1 aromatic carbocycles. The number of benzene rings is 1. The highest BCUT2D eigenvalue weighted by Crippen LogP contribution is 2.31. The summed E-state index contributed by atoms with van der Waals surface area (Å²) in [7, 11) is 0. The lowest BCUT2D eigenvalue weighted by atomic mass is 10.0. The normalized spacial score (nSPS) is 28.4. The molecule has 4 heteroatoms. The second-order valence-electron chi connectivity index (χ2n) is 5.61. The van der Waals surface area contributed by atoms with E-state index in [4.69, 9.17) is 4.74 Å². The lowest BCUT2D eigenvalue weighted by Gasteiger charge is -2.21. The Bertz CT molecular complexity index is 489. The van der Waals surface area contributed by atoms with Gasteiger partial charge in [0, 0.05) is 6.04 Å². The molecule has 3 unspecified atom stereocenters. The zero-order valence-electron chi connectivity index (χ0n) is 11.9. The number of amides is 1. The van der Waals surface area contributed by atoms with Gasteiger partial charge in [-0.2, -0.15) is 0 Å². The molecule has 0 aromatic heterocycles. The van der Waals surface area contributed by atoms with Crippen LogP contribution in [0.25, 0.3) is 0 Å². The van der Waals surface area contributed by atoms with E-state index in [9.17, 15) is 4.79 Å². The van der Waals surface area contributed by atoms with Gasteiger partial charge in [-0.25, -0.2) is 0 Å². The number of carbonyl (C=O) groups is 1. The maximum Gasteiger partial charge on any atom is 0.227 e. The first-order valence-corrected chi connectivity index (χ1v) is 7.49. The molecule has 108 valence electrons. The summed E-state index contributed by atoms with van der Waals surface area (Å²) in [6, 6.07) is 8.71. The molecule has 2 aliphatic rings. The van der Waals surface area contributed by atoms with Gasteiger partial charge in [-0.05, 0) is 30.5 Å². The topological polar surface area (TPSA) is 50.4 Å². The molecule has 1 aromatic rings. The van der Waals surface area contributed by atoms with E-state index in [-0.39, 0.29) is 23.9 Å². The summed E-state index contributed by atoms with van der Waals surface area (Å²) in [5.41, 5.74) is 2.64. The van der Waals surface area contributed by atoms with Gasteiger partial charge in [0.05, 0.1) is 25.2 Å². The van der Waals surface area contributed by atoms with E-state index in [0.717, 1.165) is 19.4 Å². The summed E-state index contributed by atoms with van der Waals surface area (Å²) in [6.45, 7) is 4.08. The predicted octanol–water partition coefficient (Wildman–Crippen LogP) is 1.41. The van der Waals surface area contributed by atoms with Crippen molar-refractivity contribution in [1.82, 2.24) is 10.6 Å². The highest BCUT2D eigenvalue weighted by atomic mass is 16.5. The molecule has 0 radical (unpaired) electrons. The fourth-order valence-corrected chi connectivity index (χ4v) is 3.26. The van der Waals surface area contributed by atoms with E-state index in [1.807, 2.05) is 6.07 Å². The Labute approximate surface area is 119 Å². The van der Waals surface area contributed by atoms with E-state index in [1.54, 1.807) is 0 Å². The number of hydrogen-bond acceptors (Lipinski definition) is 3. The molecule has 2 N–H and O–H groups in total. The number of carbonyl (C=O) groups excluding carboxylic acids is 1. The minimum Gasteiger partial charge on any atom is -0.379 e. The lowest BCUT2D eigenvalue weighted by molar-refractivity contribution is -0.126. The van der Waals surface area contributed by atoms with Crippen LogP contribution in [0.5, 0.6) is 0 Å². The summed E-state index contributed by atoms with van der Waals surface area (Å²) in [5, 5.41) is 6.54. The Morgan fingerprint density at radius 3 is 3.05 bits per heavy atom. The quantitative estimate of drug-likeness (QED) is 0.873. The van der Waals surface area contributed by atoms with Crippen molar-refractivity contribution < 1.29 is 9.53 Å². The molecule has 1 fully saturated rings. The molecule has 20 heavy (non-hydrogen) atoms. The number of likely N-dealkylation sites (N-methyl/N-ethyl adjacent to an activating group) is 1. The summed E-state index contributed by atoms with van der Waals surface area (Å²) in [6.07, 6.45) is 2.06. The van der Waals surface area contributed by atoms with Crippen molar-refractivity contribution in [2.75, 3.05) is 19.8 Å². The van der Waals surface area contributed by atoms with Crippen molar-refractivity contribution in [3.05, 3.63) is 35.4 Å². The van der Waals surface area contributed by atoms with Crippen LogP contribution in [0.4, 0.5) is 0 Å². The van der Waals surface area contributed by atoms with Crippen LogP contribution in [0.3, 0.4) is 0 Å². The molecule has 0 spiro atoms. The van der Waals surface area contributed by atoms with Gasteiger partial charge in [0.2, 0.25) is 5.91 Å². The fraction of sp³-hybridized carbons (Fsp3) is 0.562. The SMILES string of the molecule is CCNC1COCC1C(=O)NC1CCc2ccccc21. The molecule has 3 atom stereocenters. The molecule has 1 aliphatic heterocycles. The van der Waals surface area contributed by atoms with Gasteiger partial charge in [-0.15, -0.1) is 0 Å². The third-order valence-corrected chi connectivity index (χ3v) is 4.33. The van der Waals surface area contributed by atoms with Gasteiger partial charge in [-0.1, -0.05) is 31.2 Å². The van der Waals surface area contributed by atoms with Crippen molar-refractivity contribution in [1.29, 1.82) is 0 Å². The van der Waals surface area contributed by atoms with Gasteiger partial charge in [0.1, 0.15) is 0 Å². The summed E-state index contributed by atoms with van der Waals surface area (Å²) in [5.74, 6) is 0.0536. The first-order chi connectivity index (χ1) is 9.79. The Hall–Kier alpha value is -1.39. The molecule has 1 amide bonds. The van der Waals surface area contributed by atoms with E-state index in [1.165, 1.54) is 11.1 Å². The van der Waals surface area contributed by atoms with Gasteiger partial charge >= 0.3 is 0 Å². The van der Waals surface area contributed by atoms with Crippen molar-refractivity contribution in [3.63, 3.8) is 0 Å². The van der Waals surface area contributed by atoms with Crippen LogP contribution in [-0.4, -0.2) is 31.7 Å². The summed E-state index contributed by atoms with van der Waals surface area (Å²) >= 11 is 0. The van der Waals surface area contributed by atoms with Crippen LogP contribution < -0.4 is 10.6 Å². The zero-order chi connectivity index (χ0) is 13.9. The van der Waals surface area contributed by atoms with Crippen LogP contribution >= 0.6 is 0 Å². The third-order valence-electron chi connectivity index (χ3n) is 4.33. The Morgan fingerprint density at radius 2 is 2.20 bits per heavy atom. The first-order valence-electron chi connectivity index (χ1n) is 7.49. The van der Waals surface area contributed by atoms with Gasteiger partial charge in [0.15, 0.2) is 0 Å². The highest BCUT2D eigenvalue weighted by molar-refractivity contribution is 5.80. The van der Waals surface area contributed by atoms with Crippen LogP contribution in [-0.2, 0) is 16.0 Å². The fourth-order valence-electron chi connectivity index (χ4n) is 3.26. The minimum absolute atomic E-state index is 0.0669. The Kier molecular flexibility index (Phi) is 4.03. The maximum atomic E-state index is 12.5. The van der Waals surface area contributed by atoms with Crippen molar-refractivity contribution in [2.45, 2.75) is 31.8 Å². The summed E-state index contributed by atoms with van der Waals surface area (Å²) < 4.78 is 5.45. The Morgan fingerprint density at radius 1 is 1.35 bits per heavy atom. The maximum absolute atomic E-state index is 12.5. The van der Waals surface area contributed by atoms with E-state index >= 15 is 0 Å². The van der Waals surface area contributed by atoms with Gasteiger partial charge in [0.25, 0.3) is 0 Å². The molecular weight excluding hydrogens is 252 g/mol. The molecule has 0 saturated carbocycles. The van der Waals surface area contributed by atoms with Gasteiger partial charge in [-0.3, -0.25) is 4.79 Å². The van der Waals surface area contributed by atoms with Crippen LogP contribution in [0.15, 0.2) is 24.3 Å². The van der Waals surface area contributed by atoms with Crippen molar-refractivity contribution in [2.24, 2.45) is 5.92 Å².